The Morgan fingerprint density at radius 3 is 2.28 bits per heavy atom. The van der Waals surface area contributed by atoms with E-state index in [0.717, 1.165) is 62.8 Å². The van der Waals surface area contributed by atoms with Crippen molar-refractivity contribution in [3.05, 3.63) is 11.3 Å². The molecular weight excluding hydrogens is 314 g/mol. The monoisotopic (exact) mass is 345 g/mol. The van der Waals surface area contributed by atoms with Gasteiger partial charge in [-0.05, 0) is 44.9 Å². The van der Waals surface area contributed by atoms with Gasteiger partial charge in [0.15, 0.2) is 0 Å². The van der Waals surface area contributed by atoms with Gasteiger partial charge in [0.2, 0.25) is 11.9 Å². The fourth-order valence-electron chi connectivity index (χ4n) is 4.02. The summed E-state index contributed by atoms with van der Waals surface area (Å²) in [4.78, 5) is 27.7. The van der Waals surface area contributed by atoms with Crippen molar-refractivity contribution < 1.29 is 4.79 Å². The number of carbonyl (C=O) groups is 1. The lowest BCUT2D eigenvalue weighted by molar-refractivity contribution is -0.129. The molecule has 1 aromatic heterocycles. The average molecular weight is 345 g/mol. The molecule has 2 aliphatic rings. The molecule has 1 aromatic rings. The summed E-state index contributed by atoms with van der Waals surface area (Å²) in [6.07, 6.45) is 5.16. The molecule has 6 heteroatoms. The van der Waals surface area contributed by atoms with E-state index in [-0.39, 0.29) is 0 Å². The van der Waals surface area contributed by atoms with Gasteiger partial charge in [0, 0.05) is 58.5 Å². The Bertz CT molecular complexity index is 649. The van der Waals surface area contributed by atoms with Crippen LogP contribution in [0.15, 0.2) is 0 Å². The Morgan fingerprint density at radius 1 is 1.00 bits per heavy atom. The maximum absolute atomic E-state index is 12.0. The van der Waals surface area contributed by atoms with Gasteiger partial charge in [-0.15, -0.1) is 0 Å². The van der Waals surface area contributed by atoms with Crippen LogP contribution >= 0.6 is 0 Å². The third kappa shape index (κ3) is 3.58. The van der Waals surface area contributed by atoms with Crippen molar-refractivity contribution in [2.75, 3.05) is 50.6 Å². The second-order valence-electron chi connectivity index (χ2n) is 8.00. The summed E-state index contributed by atoms with van der Waals surface area (Å²) in [7, 11) is 5.91. The first-order valence-electron chi connectivity index (χ1n) is 9.33. The zero-order valence-corrected chi connectivity index (χ0v) is 16.3. The minimum atomic E-state index is 0.303. The van der Waals surface area contributed by atoms with Crippen LogP contribution in [0.3, 0.4) is 0 Å². The van der Waals surface area contributed by atoms with Gasteiger partial charge >= 0.3 is 0 Å². The molecule has 2 saturated heterocycles. The van der Waals surface area contributed by atoms with E-state index >= 15 is 0 Å². The van der Waals surface area contributed by atoms with Crippen molar-refractivity contribution in [1.82, 2.24) is 14.9 Å². The first-order valence-corrected chi connectivity index (χ1v) is 9.33. The predicted molar refractivity (Wildman–Crippen MR) is 101 cm³/mol. The summed E-state index contributed by atoms with van der Waals surface area (Å²) in [5.41, 5.74) is 2.56. The maximum atomic E-state index is 12.0. The predicted octanol–water partition coefficient (Wildman–Crippen LogP) is 2.39. The van der Waals surface area contributed by atoms with Crippen LogP contribution in [0.2, 0.25) is 0 Å². The highest BCUT2D eigenvalue weighted by molar-refractivity contribution is 5.76. The lowest BCUT2D eigenvalue weighted by atomic mass is 9.73. The number of nitrogens with zero attached hydrogens (tertiary/aromatic N) is 5. The van der Waals surface area contributed by atoms with Crippen molar-refractivity contribution in [3.63, 3.8) is 0 Å². The molecule has 0 aromatic carbocycles. The number of likely N-dealkylation sites (tertiary alicyclic amines) is 1. The molecule has 6 nitrogen and oxygen atoms in total. The average Bonchev–Trinajstić information content (AvgIpc) is 2.72. The SMILES string of the molecule is Cc1nc(N(C)C)nc(N2CCC3(CCC(=O)N(C)CC3)CC2)c1C. The molecule has 25 heavy (non-hydrogen) atoms. The molecule has 1 amide bonds. The van der Waals surface area contributed by atoms with E-state index in [1.54, 1.807) is 0 Å². The van der Waals surface area contributed by atoms with E-state index in [4.69, 9.17) is 4.98 Å². The number of aromatic nitrogens is 2. The molecule has 0 radical (unpaired) electrons. The van der Waals surface area contributed by atoms with Crippen LogP contribution in [0.5, 0.6) is 0 Å². The highest BCUT2D eigenvalue weighted by atomic mass is 16.2. The van der Waals surface area contributed by atoms with E-state index in [2.05, 4.69) is 23.7 Å². The molecule has 1 spiro atoms. The molecule has 3 rings (SSSR count). The van der Waals surface area contributed by atoms with Gasteiger partial charge in [-0.3, -0.25) is 4.79 Å². The highest BCUT2D eigenvalue weighted by Gasteiger charge is 2.37. The van der Waals surface area contributed by atoms with Crippen LogP contribution < -0.4 is 9.80 Å². The summed E-state index contributed by atoms with van der Waals surface area (Å²) in [5.74, 6) is 2.16. The van der Waals surface area contributed by atoms with Gasteiger partial charge in [0.25, 0.3) is 0 Å². The lowest BCUT2D eigenvalue weighted by Crippen LogP contribution is -2.41. The first kappa shape index (κ1) is 18.0. The normalized spacial score (nSPS) is 20.8. The first-order chi connectivity index (χ1) is 11.8. The minimum Gasteiger partial charge on any atom is -0.356 e. The van der Waals surface area contributed by atoms with Gasteiger partial charge < -0.3 is 14.7 Å². The molecule has 0 bridgehead atoms. The molecule has 0 unspecified atom stereocenters. The highest BCUT2D eigenvalue weighted by Crippen LogP contribution is 2.42. The topological polar surface area (TPSA) is 52.6 Å². The minimum absolute atomic E-state index is 0.303. The Balaban J connectivity index is 1.75. The fourth-order valence-corrected chi connectivity index (χ4v) is 4.02. The molecule has 0 N–H and O–H groups in total. The van der Waals surface area contributed by atoms with E-state index < -0.39 is 0 Å². The lowest BCUT2D eigenvalue weighted by Gasteiger charge is -2.42. The summed E-state index contributed by atoms with van der Waals surface area (Å²) in [6.45, 7) is 7.11. The number of aryl methyl sites for hydroxylation is 1. The van der Waals surface area contributed by atoms with E-state index in [0.29, 0.717) is 17.7 Å². The zero-order valence-electron chi connectivity index (χ0n) is 16.3. The van der Waals surface area contributed by atoms with Crippen LogP contribution in [0.1, 0.15) is 43.4 Å². The number of anilines is 2. The third-order valence-corrected chi connectivity index (χ3v) is 6.15. The summed E-state index contributed by atoms with van der Waals surface area (Å²) in [5, 5.41) is 0. The van der Waals surface area contributed by atoms with Gasteiger partial charge in [-0.25, -0.2) is 4.98 Å². The second-order valence-corrected chi connectivity index (χ2v) is 8.00. The molecule has 3 heterocycles. The molecule has 2 fully saturated rings. The molecule has 0 saturated carbocycles. The largest absolute Gasteiger partial charge is 0.356 e. The van der Waals surface area contributed by atoms with Crippen LogP contribution in [0, 0.1) is 19.3 Å². The molecule has 0 aliphatic carbocycles. The maximum Gasteiger partial charge on any atom is 0.227 e. The van der Waals surface area contributed by atoms with Crippen molar-refractivity contribution in [2.45, 2.75) is 46.0 Å². The van der Waals surface area contributed by atoms with Crippen LogP contribution in [-0.2, 0) is 4.79 Å². The van der Waals surface area contributed by atoms with E-state index in [1.807, 2.05) is 30.9 Å². The van der Waals surface area contributed by atoms with Gasteiger partial charge in [0.05, 0.1) is 0 Å². The van der Waals surface area contributed by atoms with Crippen molar-refractivity contribution in [1.29, 1.82) is 0 Å². The summed E-state index contributed by atoms with van der Waals surface area (Å²) >= 11 is 0. The van der Waals surface area contributed by atoms with Crippen molar-refractivity contribution >= 4 is 17.7 Å². The Kier molecular flexibility index (Phi) is 4.89. The number of piperidine rings is 1. The smallest absolute Gasteiger partial charge is 0.227 e. The van der Waals surface area contributed by atoms with Crippen LogP contribution in [0.4, 0.5) is 11.8 Å². The van der Waals surface area contributed by atoms with Crippen LogP contribution in [-0.4, -0.2) is 61.6 Å². The van der Waals surface area contributed by atoms with Crippen molar-refractivity contribution in [2.24, 2.45) is 5.41 Å². The van der Waals surface area contributed by atoms with Gasteiger partial charge in [0.1, 0.15) is 5.82 Å². The number of amides is 1. The standard InChI is InChI=1S/C19H31N5O/c1-14-15(2)20-18(22(3)4)21-17(14)24-12-9-19(10-13-24)7-6-16(25)23(5)11-8-19/h6-13H2,1-5H3. The fraction of sp³-hybridized carbons (Fsp3) is 0.737. The Hall–Kier alpha value is -1.85. The number of rotatable bonds is 2. The van der Waals surface area contributed by atoms with Crippen molar-refractivity contribution in [3.8, 4) is 0 Å². The summed E-state index contributed by atoms with van der Waals surface area (Å²) < 4.78 is 0. The van der Waals surface area contributed by atoms with E-state index in [9.17, 15) is 4.79 Å². The van der Waals surface area contributed by atoms with E-state index in [1.165, 1.54) is 5.56 Å². The van der Waals surface area contributed by atoms with Crippen LogP contribution in [0.25, 0.3) is 0 Å². The number of hydrogen-bond donors (Lipinski definition) is 0. The Labute approximate surface area is 151 Å². The second kappa shape index (κ2) is 6.81. The third-order valence-electron chi connectivity index (χ3n) is 6.15. The number of carbonyl (C=O) groups excluding carboxylic acids is 1. The molecule has 0 atom stereocenters. The van der Waals surface area contributed by atoms with Gasteiger partial charge in [-0.1, -0.05) is 0 Å². The molecule has 2 aliphatic heterocycles. The molecule has 138 valence electrons. The quantitative estimate of drug-likeness (QED) is 0.824. The Morgan fingerprint density at radius 2 is 1.64 bits per heavy atom. The number of hydrogen-bond acceptors (Lipinski definition) is 5. The van der Waals surface area contributed by atoms with Gasteiger partial charge in [-0.2, -0.15) is 4.98 Å². The molecular formula is C19H31N5O. The zero-order chi connectivity index (χ0) is 18.2. The summed E-state index contributed by atoms with van der Waals surface area (Å²) in [6, 6.07) is 0.